The second-order valence-corrected chi connectivity index (χ2v) is 6.62. The quantitative estimate of drug-likeness (QED) is 0.865. The second-order valence-electron chi connectivity index (χ2n) is 6.62. The first-order valence-corrected chi connectivity index (χ1v) is 8.30. The molecule has 130 valence electrons. The summed E-state index contributed by atoms with van der Waals surface area (Å²) in [5, 5.41) is 12.4. The van der Waals surface area contributed by atoms with Crippen molar-refractivity contribution in [3.8, 4) is 11.5 Å². The molecule has 0 aromatic heterocycles. The second kappa shape index (κ2) is 6.71. The Kier molecular flexibility index (Phi) is 4.64. The van der Waals surface area contributed by atoms with Gasteiger partial charge in [-0.05, 0) is 49.7 Å². The highest BCUT2D eigenvalue weighted by atomic mass is 16.5. The van der Waals surface area contributed by atoms with Crippen LogP contribution in [0.2, 0.25) is 0 Å². The van der Waals surface area contributed by atoms with Gasteiger partial charge < -0.3 is 19.9 Å². The van der Waals surface area contributed by atoms with Crippen molar-refractivity contribution in [3.63, 3.8) is 0 Å². The lowest BCUT2D eigenvalue weighted by molar-refractivity contribution is -0.156. The highest BCUT2D eigenvalue weighted by molar-refractivity contribution is 5.96. The number of nitrogens with one attached hydrogen (secondary N) is 1. The maximum Gasteiger partial charge on any atom is 0.307 e. The van der Waals surface area contributed by atoms with Gasteiger partial charge in [-0.2, -0.15) is 0 Å². The maximum atomic E-state index is 12.8. The summed E-state index contributed by atoms with van der Waals surface area (Å²) in [6, 6.07) is 5.14. The van der Waals surface area contributed by atoms with E-state index >= 15 is 0 Å². The molecule has 3 saturated carbocycles. The Bertz CT molecular complexity index is 636. The molecule has 0 unspecified atom stereocenters. The molecule has 0 heterocycles. The van der Waals surface area contributed by atoms with Crippen LogP contribution < -0.4 is 14.8 Å². The number of carbonyl (C=O) groups is 2. The first kappa shape index (κ1) is 16.6. The number of benzene rings is 1. The van der Waals surface area contributed by atoms with Crippen LogP contribution in [0.5, 0.6) is 11.5 Å². The first-order valence-electron chi connectivity index (χ1n) is 8.30. The molecular formula is C18H23NO5. The number of aliphatic carboxylic acids is 1. The van der Waals surface area contributed by atoms with Crippen LogP contribution in [0.4, 0.5) is 5.69 Å². The molecule has 3 aliphatic carbocycles. The molecule has 3 aliphatic rings. The summed E-state index contributed by atoms with van der Waals surface area (Å²) in [5.41, 5.74) is 0.586. The number of carboxylic acid groups (broad SMARTS) is 1. The van der Waals surface area contributed by atoms with E-state index < -0.39 is 17.8 Å². The average molecular weight is 333 g/mol. The van der Waals surface area contributed by atoms with Crippen molar-refractivity contribution >= 4 is 17.6 Å². The van der Waals surface area contributed by atoms with E-state index in [0.29, 0.717) is 17.2 Å². The molecule has 0 radical (unpaired) electrons. The van der Waals surface area contributed by atoms with Crippen molar-refractivity contribution in [2.75, 3.05) is 19.5 Å². The zero-order chi connectivity index (χ0) is 17.3. The molecule has 2 bridgehead atoms. The molecule has 4 rings (SSSR count). The number of carboxylic acids is 1. The van der Waals surface area contributed by atoms with Crippen LogP contribution in [0.25, 0.3) is 0 Å². The van der Waals surface area contributed by atoms with Crippen LogP contribution >= 0.6 is 0 Å². The lowest BCUT2D eigenvalue weighted by Gasteiger charge is -2.45. The molecular weight excluding hydrogens is 310 g/mol. The fraction of sp³-hybridized carbons (Fsp3) is 0.556. The van der Waals surface area contributed by atoms with Gasteiger partial charge in [0.15, 0.2) is 11.5 Å². The van der Waals surface area contributed by atoms with Crippen molar-refractivity contribution in [3.05, 3.63) is 18.2 Å². The molecule has 6 nitrogen and oxygen atoms in total. The monoisotopic (exact) mass is 333 g/mol. The minimum Gasteiger partial charge on any atom is -0.493 e. The Morgan fingerprint density at radius 2 is 1.58 bits per heavy atom. The number of hydrogen-bond acceptors (Lipinski definition) is 4. The predicted octanol–water partition coefficient (Wildman–Crippen LogP) is 2.78. The number of methoxy groups -OCH3 is 2. The first-order chi connectivity index (χ1) is 11.5. The van der Waals surface area contributed by atoms with Gasteiger partial charge in [-0.3, -0.25) is 9.59 Å². The van der Waals surface area contributed by atoms with Gasteiger partial charge in [0.05, 0.1) is 26.1 Å². The number of amides is 1. The number of anilines is 1. The number of hydrogen-bond donors (Lipinski definition) is 2. The van der Waals surface area contributed by atoms with Crippen LogP contribution in [0, 0.1) is 23.7 Å². The van der Waals surface area contributed by atoms with E-state index in [2.05, 4.69) is 5.32 Å². The number of fused-ring (bicyclic) bond motifs is 3. The smallest absolute Gasteiger partial charge is 0.307 e. The van der Waals surface area contributed by atoms with E-state index in [4.69, 9.17) is 9.47 Å². The van der Waals surface area contributed by atoms with Crippen LogP contribution in [0.15, 0.2) is 18.2 Å². The zero-order valence-electron chi connectivity index (χ0n) is 14.0. The molecule has 6 heteroatoms. The summed E-state index contributed by atoms with van der Waals surface area (Å²) >= 11 is 0. The minimum absolute atomic E-state index is 0.119. The van der Waals surface area contributed by atoms with Gasteiger partial charge in [-0.25, -0.2) is 0 Å². The van der Waals surface area contributed by atoms with E-state index in [1.54, 1.807) is 25.3 Å². The van der Waals surface area contributed by atoms with Gasteiger partial charge in [0, 0.05) is 11.8 Å². The summed E-state index contributed by atoms with van der Waals surface area (Å²) in [7, 11) is 3.08. The largest absolute Gasteiger partial charge is 0.493 e. The molecule has 1 amide bonds. The van der Waals surface area contributed by atoms with Crippen molar-refractivity contribution < 1.29 is 24.2 Å². The third-order valence-corrected chi connectivity index (χ3v) is 5.46. The molecule has 1 aromatic carbocycles. The third-order valence-electron chi connectivity index (χ3n) is 5.46. The molecule has 3 fully saturated rings. The molecule has 0 spiro atoms. The lowest BCUT2D eigenvalue weighted by atomic mass is 9.58. The summed E-state index contributed by atoms with van der Waals surface area (Å²) in [6.45, 7) is 0. The SMILES string of the molecule is COc1ccc(NC(=O)[C@H]2C3CCC(CC3)[C@@H]2C(=O)O)cc1OC. The standard InChI is InChI=1S/C18H23NO5/c1-23-13-8-7-12(9-14(13)24-2)19-17(20)15-10-3-5-11(6-4-10)16(15)18(21)22/h7-11,15-16H,3-6H2,1-2H3,(H,19,20)(H,21,22)/t10?,11?,15-,16-/m0/s1. The Hall–Kier alpha value is -2.24. The van der Waals surface area contributed by atoms with E-state index in [-0.39, 0.29) is 17.7 Å². The Labute approximate surface area is 141 Å². The van der Waals surface area contributed by atoms with E-state index in [0.717, 1.165) is 25.7 Å². The molecule has 0 saturated heterocycles. The molecule has 0 aliphatic heterocycles. The minimum atomic E-state index is -0.850. The highest BCUT2D eigenvalue weighted by Gasteiger charge is 2.50. The topological polar surface area (TPSA) is 84.9 Å². The van der Waals surface area contributed by atoms with Crippen LogP contribution in [-0.4, -0.2) is 31.2 Å². The fourth-order valence-corrected chi connectivity index (χ4v) is 4.32. The van der Waals surface area contributed by atoms with E-state index in [9.17, 15) is 14.7 Å². The van der Waals surface area contributed by atoms with Gasteiger partial charge >= 0.3 is 5.97 Å². The van der Waals surface area contributed by atoms with Gasteiger partial charge in [0.25, 0.3) is 0 Å². The summed E-state index contributed by atoms with van der Waals surface area (Å²) in [5.74, 6) is -0.697. The van der Waals surface area contributed by atoms with E-state index in [1.807, 2.05) is 0 Å². The number of carbonyl (C=O) groups excluding carboxylic acids is 1. The summed E-state index contributed by atoms with van der Waals surface area (Å²) < 4.78 is 10.4. The summed E-state index contributed by atoms with van der Waals surface area (Å²) in [4.78, 5) is 24.5. The maximum absolute atomic E-state index is 12.8. The summed E-state index contributed by atoms with van der Waals surface area (Å²) in [6.07, 6.45) is 3.72. The molecule has 1 aromatic rings. The normalized spacial score (nSPS) is 28.2. The molecule has 24 heavy (non-hydrogen) atoms. The van der Waals surface area contributed by atoms with Crippen LogP contribution in [-0.2, 0) is 9.59 Å². The number of rotatable bonds is 5. The average Bonchev–Trinajstić information content (AvgIpc) is 2.61. The van der Waals surface area contributed by atoms with Crippen LogP contribution in [0.3, 0.4) is 0 Å². The van der Waals surface area contributed by atoms with Crippen molar-refractivity contribution in [1.29, 1.82) is 0 Å². The van der Waals surface area contributed by atoms with E-state index in [1.165, 1.54) is 7.11 Å². The van der Waals surface area contributed by atoms with Gasteiger partial charge in [0.2, 0.25) is 5.91 Å². The van der Waals surface area contributed by atoms with Gasteiger partial charge in [0.1, 0.15) is 0 Å². The van der Waals surface area contributed by atoms with Crippen LogP contribution in [0.1, 0.15) is 25.7 Å². The lowest BCUT2D eigenvalue weighted by Crippen LogP contribution is -2.49. The Morgan fingerprint density at radius 3 is 2.12 bits per heavy atom. The van der Waals surface area contributed by atoms with Gasteiger partial charge in [-0.15, -0.1) is 0 Å². The zero-order valence-corrected chi connectivity index (χ0v) is 14.0. The fourth-order valence-electron chi connectivity index (χ4n) is 4.32. The Balaban J connectivity index is 1.80. The predicted molar refractivity (Wildman–Crippen MR) is 88.2 cm³/mol. The van der Waals surface area contributed by atoms with Crippen molar-refractivity contribution in [2.24, 2.45) is 23.7 Å². The van der Waals surface area contributed by atoms with Crippen molar-refractivity contribution in [2.45, 2.75) is 25.7 Å². The highest BCUT2D eigenvalue weighted by Crippen LogP contribution is 2.49. The third kappa shape index (κ3) is 2.92. The Morgan fingerprint density at radius 1 is 1.00 bits per heavy atom. The van der Waals surface area contributed by atoms with Gasteiger partial charge in [-0.1, -0.05) is 0 Å². The molecule has 2 atom stereocenters. The molecule has 2 N–H and O–H groups in total. The number of ether oxygens (including phenoxy) is 2. The van der Waals surface area contributed by atoms with Crippen molar-refractivity contribution in [1.82, 2.24) is 0 Å².